The first kappa shape index (κ1) is 19.0. The standard InChI is InChI=1S/C20H26N6O/c1-25(2)13-6-9-18(27)26-14-5-7-16(15-26)19-20(23-12-11-22-19)24-17-8-3-4-10-21-17/h3-4,6,8-12,16H,5,7,13-15H2,1-2H3,(H,21,23,24)/b9-6+/t16-/m1/s1. The molecule has 3 heterocycles. The van der Waals surface area contributed by atoms with Crippen LogP contribution >= 0.6 is 0 Å². The van der Waals surface area contributed by atoms with Crippen molar-refractivity contribution in [3.05, 3.63) is 54.6 Å². The molecule has 27 heavy (non-hydrogen) atoms. The van der Waals surface area contributed by atoms with Crippen molar-refractivity contribution in [3.63, 3.8) is 0 Å². The van der Waals surface area contributed by atoms with Gasteiger partial charge in [-0.3, -0.25) is 9.78 Å². The topological polar surface area (TPSA) is 74.2 Å². The van der Waals surface area contributed by atoms with Gasteiger partial charge < -0.3 is 15.1 Å². The second-order valence-corrected chi connectivity index (χ2v) is 6.92. The Kier molecular flexibility index (Phi) is 6.49. The first-order valence-electron chi connectivity index (χ1n) is 9.22. The molecule has 0 aliphatic carbocycles. The van der Waals surface area contributed by atoms with Crippen molar-refractivity contribution in [3.8, 4) is 0 Å². The minimum Gasteiger partial charge on any atom is -0.338 e. The monoisotopic (exact) mass is 366 g/mol. The van der Waals surface area contributed by atoms with Gasteiger partial charge in [0.15, 0.2) is 5.82 Å². The minimum atomic E-state index is 0.0599. The molecule has 2 aromatic heterocycles. The smallest absolute Gasteiger partial charge is 0.246 e. The van der Waals surface area contributed by atoms with Crippen molar-refractivity contribution >= 4 is 17.5 Å². The number of amides is 1. The second-order valence-electron chi connectivity index (χ2n) is 6.92. The number of piperidine rings is 1. The van der Waals surface area contributed by atoms with E-state index in [4.69, 9.17) is 0 Å². The lowest BCUT2D eigenvalue weighted by molar-refractivity contribution is -0.127. The Bertz CT molecular complexity index is 777. The zero-order valence-corrected chi connectivity index (χ0v) is 15.9. The predicted octanol–water partition coefficient (Wildman–Crippen LogP) is 2.44. The van der Waals surface area contributed by atoms with Crippen LogP contribution in [0.3, 0.4) is 0 Å². The number of carbonyl (C=O) groups excluding carboxylic acids is 1. The van der Waals surface area contributed by atoms with Crippen LogP contribution in [0.5, 0.6) is 0 Å². The summed E-state index contributed by atoms with van der Waals surface area (Å²) in [5.74, 6) is 1.66. The van der Waals surface area contributed by atoms with E-state index < -0.39 is 0 Å². The van der Waals surface area contributed by atoms with E-state index in [-0.39, 0.29) is 11.8 Å². The lowest BCUT2D eigenvalue weighted by atomic mass is 9.94. The summed E-state index contributed by atoms with van der Waals surface area (Å²) in [7, 11) is 3.96. The van der Waals surface area contributed by atoms with E-state index in [2.05, 4.69) is 20.3 Å². The van der Waals surface area contributed by atoms with Gasteiger partial charge in [0, 0.05) is 50.2 Å². The SMILES string of the molecule is CN(C)C/C=C/C(=O)N1CCC[C@@H](c2nccnc2Nc2ccccn2)C1. The summed E-state index contributed by atoms with van der Waals surface area (Å²) in [4.78, 5) is 29.7. The second kappa shape index (κ2) is 9.23. The molecule has 3 rings (SSSR count). The molecule has 1 aliphatic rings. The van der Waals surface area contributed by atoms with Gasteiger partial charge in [0.25, 0.3) is 0 Å². The Morgan fingerprint density at radius 2 is 2.11 bits per heavy atom. The molecule has 1 fully saturated rings. The van der Waals surface area contributed by atoms with Gasteiger partial charge in [0.05, 0.1) is 5.69 Å². The van der Waals surface area contributed by atoms with Crippen molar-refractivity contribution < 1.29 is 4.79 Å². The van der Waals surface area contributed by atoms with Gasteiger partial charge in [-0.1, -0.05) is 12.1 Å². The Morgan fingerprint density at radius 1 is 1.26 bits per heavy atom. The predicted molar refractivity (Wildman–Crippen MR) is 106 cm³/mol. The number of aromatic nitrogens is 3. The van der Waals surface area contributed by atoms with Crippen LogP contribution in [0.1, 0.15) is 24.5 Å². The fraction of sp³-hybridized carbons (Fsp3) is 0.400. The number of pyridine rings is 1. The third-order valence-corrected chi connectivity index (χ3v) is 4.49. The van der Waals surface area contributed by atoms with E-state index in [1.165, 1.54) is 0 Å². The number of nitrogens with zero attached hydrogens (tertiary/aromatic N) is 5. The molecule has 0 spiro atoms. The zero-order valence-electron chi connectivity index (χ0n) is 15.9. The quantitative estimate of drug-likeness (QED) is 0.792. The minimum absolute atomic E-state index is 0.0599. The normalized spacial score (nSPS) is 17.4. The maximum atomic E-state index is 12.5. The highest BCUT2D eigenvalue weighted by atomic mass is 16.2. The van der Waals surface area contributed by atoms with Gasteiger partial charge in [0.2, 0.25) is 5.91 Å². The van der Waals surface area contributed by atoms with Crippen LogP contribution in [-0.2, 0) is 4.79 Å². The average Bonchev–Trinajstić information content (AvgIpc) is 2.69. The molecule has 0 bridgehead atoms. The van der Waals surface area contributed by atoms with Gasteiger partial charge in [-0.25, -0.2) is 9.97 Å². The molecule has 142 valence electrons. The van der Waals surface area contributed by atoms with Crippen LogP contribution in [0.15, 0.2) is 48.9 Å². The van der Waals surface area contributed by atoms with Gasteiger partial charge >= 0.3 is 0 Å². The van der Waals surface area contributed by atoms with Crippen molar-refractivity contribution in [1.82, 2.24) is 24.8 Å². The summed E-state index contributed by atoms with van der Waals surface area (Å²) in [5, 5.41) is 3.25. The summed E-state index contributed by atoms with van der Waals surface area (Å²) < 4.78 is 0. The lowest BCUT2D eigenvalue weighted by Crippen LogP contribution is -2.38. The Balaban J connectivity index is 1.71. The molecule has 1 atom stereocenters. The summed E-state index contributed by atoms with van der Waals surface area (Å²) in [6, 6.07) is 5.69. The molecule has 1 saturated heterocycles. The van der Waals surface area contributed by atoms with E-state index in [1.807, 2.05) is 48.2 Å². The maximum absolute atomic E-state index is 12.5. The number of nitrogens with one attached hydrogen (secondary N) is 1. The van der Waals surface area contributed by atoms with Gasteiger partial charge in [0.1, 0.15) is 5.82 Å². The fourth-order valence-corrected chi connectivity index (χ4v) is 3.17. The molecule has 1 N–H and O–H groups in total. The van der Waals surface area contributed by atoms with Gasteiger partial charge in [-0.2, -0.15) is 0 Å². The van der Waals surface area contributed by atoms with Gasteiger partial charge in [-0.05, 0) is 39.1 Å². The third-order valence-electron chi connectivity index (χ3n) is 4.49. The summed E-state index contributed by atoms with van der Waals surface area (Å²) in [5.41, 5.74) is 0.887. The molecule has 0 saturated carbocycles. The van der Waals surface area contributed by atoms with E-state index >= 15 is 0 Å². The van der Waals surface area contributed by atoms with Gasteiger partial charge in [-0.15, -0.1) is 0 Å². The number of hydrogen-bond acceptors (Lipinski definition) is 6. The van der Waals surface area contributed by atoms with E-state index in [9.17, 15) is 4.79 Å². The summed E-state index contributed by atoms with van der Waals surface area (Å²) in [6.07, 6.45) is 10.6. The summed E-state index contributed by atoms with van der Waals surface area (Å²) >= 11 is 0. The Labute approximate surface area is 160 Å². The van der Waals surface area contributed by atoms with E-state index in [0.717, 1.165) is 37.4 Å². The molecule has 0 aromatic carbocycles. The zero-order chi connectivity index (χ0) is 19.1. The number of anilines is 2. The third kappa shape index (κ3) is 5.34. The van der Waals surface area contributed by atoms with Crippen LogP contribution in [0.4, 0.5) is 11.6 Å². The molecular formula is C20H26N6O. The highest BCUT2D eigenvalue weighted by Crippen LogP contribution is 2.30. The lowest BCUT2D eigenvalue weighted by Gasteiger charge is -2.32. The first-order valence-corrected chi connectivity index (χ1v) is 9.22. The molecule has 7 heteroatoms. The summed E-state index contributed by atoms with van der Waals surface area (Å²) in [6.45, 7) is 2.19. The van der Waals surface area contributed by atoms with Crippen LogP contribution in [-0.4, -0.2) is 64.4 Å². The van der Waals surface area contributed by atoms with Crippen molar-refractivity contribution in [1.29, 1.82) is 0 Å². The van der Waals surface area contributed by atoms with Crippen molar-refractivity contribution in [2.75, 3.05) is 39.0 Å². The maximum Gasteiger partial charge on any atom is 0.246 e. The number of rotatable bonds is 6. The molecule has 2 aromatic rings. The first-order chi connectivity index (χ1) is 13.1. The van der Waals surface area contributed by atoms with E-state index in [1.54, 1.807) is 24.7 Å². The molecule has 1 aliphatic heterocycles. The highest BCUT2D eigenvalue weighted by Gasteiger charge is 2.27. The molecule has 7 nitrogen and oxygen atoms in total. The van der Waals surface area contributed by atoms with Crippen molar-refractivity contribution in [2.24, 2.45) is 0 Å². The van der Waals surface area contributed by atoms with Crippen LogP contribution in [0.25, 0.3) is 0 Å². The fourth-order valence-electron chi connectivity index (χ4n) is 3.17. The number of likely N-dealkylation sites (N-methyl/N-ethyl adjacent to an activating group) is 1. The number of carbonyl (C=O) groups is 1. The Hall–Kier alpha value is -2.80. The van der Waals surface area contributed by atoms with Crippen LogP contribution < -0.4 is 5.32 Å². The van der Waals surface area contributed by atoms with Crippen LogP contribution in [0, 0.1) is 0 Å². The van der Waals surface area contributed by atoms with E-state index in [0.29, 0.717) is 12.4 Å². The Morgan fingerprint density at radius 3 is 2.89 bits per heavy atom. The number of likely N-dealkylation sites (tertiary alicyclic amines) is 1. The van der Waals surface area contributed by atoms with Crippen molar-refractivity contribution in [2.45, 2.75) is 18.8 Å². The molecule has 1 amide bonds. The molecular weight excluding hydrogens is 340 g/mol. The largest absolute Gasteiger partial charge is 0.338 e. The van der Waals surface area contributed by atoms with Crippen LogP contribution in [0.2, 0.25) is 0 Å². The highest BCUT2D eigenvalue weighted by molar-refractivity contribution is 5.87. The molecule has 0 radical (unpaired) electrons. The molecule has 0 unspecified atom stereocenters. The number of hydrogen-bond donors (Lipinski definition) is 1. The average molecular weight is 366 g/mol.